The number of anilines is 1. The van der Waals surface area contributed by atoms with Crippen LogP contribution in [0.2, 0.25) is 5.02 Å². The highest BCUT2D eigenvalue weighted by atomic mass is 35.5. The maximum Gasteiger partial charge on any atom is 0.216 e. The molecule has 7 rings (SSSR count). The van der Waals surface area contributed by atoms with Crippen LogP contribution in [0, 0.1) is 0 Å². The van der Waals surface area contributed by atoms with E-state index in [1.165, 1.54) is 38.8 Å². The van der Waals surface area contributed by atoms with E-state index in [1.807, 2.05) is 18.3 Å². The molecule has 6 nitrogen and oxygen atoms in total. The summed E-state index contributed by atoms with van der Waals surface area (Å²) in [6, 6.07) is 16.6. The second-order valence-corrected chi connectivity index (χ2v) is 11.1. The third kappa shape index (κ3) is 4.12. The molecule has 0 atom stereocenters. The Morgan fingerprint density at radius 2 is 1.76 bits per heavy atom. The van der Waals surface area contributed by atoms with Gasteiger partial charge in [-0.2, -0.15) is 0 Å². The number of nitrogens with one attached hydrogen (secondary N) is 1. The molecule has 5 heterocycles. The first-order chi connectivity index (χ1) is 18.2. The average molecular weight is 514 g/mol. The van der Waals surface area contributed by atoms with Crippen LogP contribution >= 0.6 is 11.6 Å². The molecule has 0 unspecified atom stereocenters. The molecule has 37 heavy (non-hydrogen) atoms. The number of aromatic nitrogens is 2. The van der Waals surface area contributed by atoms with Crippen molar-refractivity contribution in [1.29, 1.82) is 0 Å². The van der Waals surface area contributed by atoms with Crippen LogP contribution in [0.25, 0.3) is 32.9 Å². The predicted octanol–water partition coefficient (Wildman–Crippen LogP) is 5.52. The van der Waals surface area contributed by atoms with Crippen molar-refractivity contribution in [3.8, 4) is 17.0 Å². The molecular weight excluding hydrogens is 482 g/mol. The molecule has 0 amide bonds. The number of piperazine rings is 1. The lowest BCUT2D eigenvalue weighted by atomic mass is 9.95. The lowest BCUT2D eigenvalue weighted by Gasteiger charge is -2.32. The molecule has 3 aliphatic heterocycles. The first-order valence-electron chi connectivity index (χ1n) is 13.5. The van der Waals surface area contributed by atoms with Gasteiger partial charge in [-0.05, 0) is 61.9 Å². The van der Waals surface area contributed by atoms with Gasteiger partial charge in [0.05, 0.1) is 16.7 Å². The molecule has 2 aromatic heterocycles. The van der Waals surface area contributed by atoms with Gasteiger partial charge < -0.3 is 15.0 Å². The van der Waals surface area contributed by atoms with Gasteiger partial charge >= 0.3 is 0 Å². The van der Waals surface area contributed by atoms with Crippen molar-refractivity contribution in [3.05, 3.63) is 59.8 Å². The number of nitrogens with zero attached hydrogens (tertiary/aromatic N) is 4. The molecule has 0 saturated carbocycles. The summed E-state index contributed by atoms with van der Waals surface area (Å²) in [5.74, 6) is 0.698. The summed E-state index contributed by atoms with van der Waals surface area (Å²) in [5, 5.41) is 6.37. The Hall–Kier alpha value is -2.93. The van der Waals surface area contributed by atoms with Crippen LogP contribution in [0.4, 0.5) is 5.69 Å². The number of fused-ring (bicyclic) bond motifs is 3. The van der Waals surface area contributed by atoms with Crippen LogP contribution in [0.15, 0.2) is 54.7 Å². The molecule has 7 heteroatoms. The van der Waals surface area contributed by atoms with E-state index in [2.05, 4.69) is 51.5 Å². The zero-order valence-corrected chi connectivity index (χ0v) is 21.8. The summed E-state index contributed by atoms with van der Waals surface area (Å²) in [6.45, 7) is 6.91. The van der Waals surface area contributed by atoms with Gasteiger partial charge in [0.15, 0.2) is 0 Å². The van der Waals surface area contributed by atoms with E-state index < -0.39 is 0 Å². The van der Waals surface area contributed by atoms with Crippen LogP contribution in [0.1, 0.15) is 25.7 Å². The number of hydrogen-bond acceptors (Lipinski definition) is 6. The Labute approximate surface area is 222 Å². The van der Waals surface area contributed by atoms with Crippen LogP contribution in [0.5, 0.6) is 5.88 Å². The molecule has 0 radical (unpaired) electrons. The second-order valence-electron chi connectivity index (χ2n) is 10.7. The van der Waals surface area contributed by atoms with E-state index in [1.54, 1.807) is 0 Å². The van der Waals surface area contributed by atoms with Crippen molar-refractivity contribution in [2.75, 3.05) is 50.8 Å². The van der Waals surface area contributed by atoms with E-state index in [4.69, 9.17) is 26.3 Å². The average Bonchev–Trinajstić information content (AvgIpc) is 3.52. The Bertz CT molecular complexity index is 1450. The van der Waals surface area contributed by atoms with Crippen LogP contribution < -0.4 is 15.0 Å². The van der Waals surface area contributed by atoms with Crippen molar-refractivity contribution in [1.82, 2.24) is 20.2 Å². The zero-order valence-electron chi connectivity index (χ0n) is 21.0. The summed E-state index contributed by atoms with van der Waals surface area (Å²) >= 11 is 6.66. The minimum atomic E-state index is 0.186. The van der Waals surface area contributed by atoms with Gasteiger partial charge in [-0.25, -0.2) is 4.98 Å². The smallest absolute Gasteiger partial charge is 0.216 e. The summed E-state index contributed by atoms with van der Waals surface area (Å²) in [6.07, 6.45) is 6.93. The third-order valence-corrected chi connectivity index (χ3v) is 8.84. The second kappa shape index (κ2) is 9.43. The SMILES string of the molecule is Clc1cccc2cccc(-c3cnc4c(N5CCNCC5)cc(OCC56CCCN5CCC6)nc4c3)c12. The maximum atomic E-state index is 6.66. The summed E-state index contributed by atoms with van der Waals surface area (Å²) in [4.78, 5) is 15.0. The number of pyridine rings is 2. The van der Waals surface area contributed by atoms with Crippen molar-refractivity contribution in [3.63, 3.8) is 0 Å². The fourth-order valence-corrected chi connectivity index (χ4v) is 6.93. The summed E-state index contributed by atoms with van der Waals surface area (Å²) in [5.41, 5.74) is 5.16. The highest BCUT2D eigenvalue weighted by molar-refractivity contribution is 6.36. The van der Waals surface area contributed by atoms with Crippen LogP contribution in [-0.2, 0) is 0 Å². The van der Waals surface area contributed by atoms with Gasteiger partial charge in [0.25, 0.3) is 0 Å². The van der Waals surface area contributed by atoms with Gasteiger partial charge in [-0.1, -0.05) is 41.9 Å². The first-order valence-corrected chi connectivity index (χ1v) is 13.9. The fourth-order valence-electron chi connectivity index (χ4n) is 6.65. The maximum absolute atomic E-state index is 6.66. The van der Waals surface area contributed by atoms with Crippen LogP contribution in [-0.4, -0.2) is 66.3 Å². The molecule has 0 spiro atoms. The number of hydrogen-bond donors (Lipinski definition) is 1. The quantitative estimate of drug-likeness (QED) is 0.379. The molecule has 0 aliphatic carbocycles. The lowest BCUT2D eigenvalue weighted by Crippen LogP contribution is -2.44. The molecule has 190 valence electrons. The van der Waals surface area contributed by atoms with E-state index in [-0.39, 0.29) is 5.54 Å². The van der Waals surface area contributed by atoms with E-state index >= 15 is 0 Å². The topological polar surface area (TPSA) is 53.5 Å². The normalized spacial score (nSPS) is 19.5. The number of ether oxygens (including phenoxy) is 1. The predicted molar refractivity (Wildman–Crippen MR) is 151 cm³/mol. The number of halogens is 1. The molecule has 4 aromatic rings. The monoisotopic (exact) mass is 513 g/mol. The molecule has 0 bridgehead atoms. The Kier molecular flexibility index (Phi) is 5.91. The van der Waals surface area contributed by atoms with E-state index in [9.17, 15) is 0 Å². The van der Waals surface area contributed by atoms with Crippen molar-refractivity contribution < 1.29 is 4.74 Å². The minimum Gasteiger partial charge on any atom is -0.476 e. The molecule has 3 aliphatic rings. The number of rotatable bonds is 5. The fraction of sp³-hybridized carbons (Fsp3) is 0.400. The molecular formula is C30H32ClN5O. The Morgan fingerprint density at radius 3 is 2.57 bits per heavy atom. The van der Waals surface area contributed by atoms with E-state index in [0.717, 1.165) is 69.8 Å². The molecule has 1 N–H and O–H groups in total. The molecule has 3 saturated heterocycles. The van der Waals surface area contributed by atoms with Gasteiger partial charge in [0.1, 0.15) is 12.1 Å². The standard InChI is InChI=1S/C30H32ClN5O/c31-24-8-2-6-21-5-1-7-23(28(21)24)22-17-25-29(33-19-22)26(35-15-11-32-12-16-35)18-27(34-25)37-20-30-9-3-13-36(30)14-4-10-30/h1-2,5-8,17-19,32H,3-4,9-16,20H2. The molecule has 3 fully saturated rings. The van der Waals surface area contributed by atoms with Gasteiger partial charge in [0, 0.05) is 54.4 Å². The highest BCUT2D eigenvalue weighted by Crippen LogP contribution is 2.40. The van der Waals surface area contributed by atoms with Crippen LogP contribution in [0.3, 0.4) is 0 Å². The van der Waals surface area contributed by atoms with Crippen molar-refractivity contribution in [2.24, 2.45) is 0 Å². The largest absolute Gasteiger partial charge is 0.476 e. The van der Waals surface area contributed by atoms with E-state index in [0.29, 0.717) is 12.5 Å². The van der Waals surface area contributed by atoms with Crippen molar-refractivity contribution in [2.45, 2.75) is 31.2 Å². The molecule has 2 aromatic carbocycles. The Balaban J connectivity index is 1.31. The lowest BCUT2D eigenvalue weighted by molar-refractivity contribution is 0.111. The van der Waals surface area contributed by atoms with Crippen molar-refractivity contribution >= 4 is 39.1 Å². The number of benzene rings is 2. The van der Waals surface area contributed by atoms with Gasteiger partial charge in [-0.3, -0.25) is 9.88 Å². The third-order valence-electron chi connectivity index (χ3n) is 8.52. The minimum absolute atomic E-state index is 0.186. The summed E-state index contributed by atoms with van der Waals surface area (Å²) < 4.78 is 6.53. The first kappa shape index (κ1) is 23.2. The highest BCUT2D eigenvalue weighted by Gasteiger charge is 2.44. The Morgan fingerprint density at radius 1 is 0.973 bits per heavy atom. The summed E-state index contributed by atoms with van der Waals surface area (Å²) in [7, 11) is 0. The van der Waals surface area contributed by atoms with Gasteiger partial charge in [0.2, 0.25) is 5.88 Å². The van der Waals surface area contributed by atoms with Gasteiger partial charge in [-0.15, -0.1) is 0 Å². The zero-order chi connectivity index (χ0) is 24.8.